The summed E-state index contributed by atoms with van der Waals surface area (Å²) in [4.78, 5) is 29.0. The van der Waals surface area contributed by atoms with E-state index in [9.17, 15) is 9.59 Å². The molecule has 5 nitrogen and oxygen atoms in total. The van der Waals surface area contributed by atoms with E-state index in [0.717, 1.165) is 32.5 Å². The lowest BCUT2D eigenvalue weighted by molar-refractivity contribution is -0.137. The first kappa shape index (κ1) is 23.2. The molecule has 0 saturated carbocycles. The number of carbonyl (C=O) groups excluding carboxylic acids is 2. The molecule has 0 bridgehead atoms. The van der Waals surface area contributed by atoms with Crippen molar-refractivity contribution in [3.05, 3.63) is 21.9 Å². The van der Waals surface area contributed by atoms with Gasteiger partial charge in [0, 0.05) is 24.4 Å². The van der Waals surface area contributed by atoms with Crippen molar-refractivity contribution >= 4 is 35.6 Å². The first-order valence-electron chi connectivity index (χ1n) is 10.4. The predicted molar refractivity (Wildman–Crippen MR) is 117 cm³/mol. The van der Waals surface area contributed by atoms with Crippen molar-refractivity contribution in [1.29, 1.82) is 0 Å². The van der Waals surface area contributed by atoms with Gasteiger partial charge in [0.05, 0.1) is 0 Å². The normalized spacial score (nSPS) is 21.2. The third-order valence-electron chi connectivity index (χ3n) is 5.98. The highest BCUT2D eigenvalue weighted by molar-refractivity contribution is 7.10. The van der Waals surface area contributed by atoms with Gasteiger partial charge in [-0.25, -0.2) is 0 Å². The van der Waals surface area contributed by atoms with Crippen LogP contribution in [-0.4, -0.2) is 42.4 Å². The Kier molecular flexibility index (Phi) is 9.25. The zero-order chi connectivity index (χ0) is 19.2. The van der Waals surface area contributed by atoms with Crippen LogP contribution in [0.3, 0.4) is 0 Å². The molecule has 0 spiro atoms. The van der Waals surface area contributed by atoms with E-state index in [2.05, 4.69) is 35.9 Å². The average molecular weight is 428 g/mol. The highest BCUT2D eigenvalue weighted by Crippen LogP contribution is 2.25. The minimum Gasteiger partial charge on any atom is -0.344 e. The predicted octanol–water partition coefficient (Wildman–Crippen LogP) is 3.37. The molecule has 3 atom stereocenters. The van der Waals surface area contributed by atoms with Crippen molar-refractivity contribution in [2.24, 2.45) is 11.8 Å². The van der Waals surface area contributed by atoms with E-state index in [1.54, 1.807) is 11.3 Å². The number of fused-ring (bicyclic) bond motifs is 1. The molecule has 2 aliphatic rings. The molecule has 0 aliphatic carbocycles. The summed E-state index contributed by atoms with van der Waals surface area (Å²) in [7, 11) is 0. The van der Waals surface area contributed by atoms with E-state index in [1.807, 2.05) is 4.90 Å². The van der Waals surface area contributed by atoms with Gasteiger partial charge in [0.1, 0.15) is 6.04 Å². The maximum absolute atomic E-state index is 13.0. The largest absolute Gasteiger partial charge is 0.344 e. The van der Waals surface area contributed by atoms with E-state index in [-0.39, 0.29) is 30.3 Å². The number of thiophene rings is 1. The molecular weight excluding hydrogens is 394 g/mol. The van der Waals surface area contributed by atoms with Gasteiger partial charge in [0.2, 0.25) is 11.8 Å². The lowest BCUT2D eigenvalue weighted by atomic mass is 9.85. The van der Waals surface area contributed by atoms with Gasteiger partial charge in [0.15, 0.2) is 0 Å². The molecule has 2 aliphatic heterocycles. The summed E-state index contributed by atoms with van der Waals surface area (Å²) in [5.41, 5.74) is 1.26. The fraction of sp³-hybridized carbons (Fsp3) is 0.714. The van der Waals surface area contributed by atoms with Crippen molar-refractivity contribution in [2.75, 3.05) is 19.6 Å². The Bertz CT molecular complexity index is 645. The number of carbonyl (C=O) groups is 2. The smallest absolute Gasteiger partial charge is 0.245 e. The minimum absolute atomic E-state index is 0. The second-order valence-corrected chi connectivity index (χ2v) is 9.08. The molecule has 7 heteroatoms. The standard InChI is InChI=1S/C21H33N3O2S.ClH/c1-3-5-18(21(26)24-10-7-19-17(14-24)8-11-27-19)23-20(25)12-15(2)16-6-4-9-22-13-16;/h8,11,15-16,18,22H,3-7,9-10,12-14H2,1-2H3,(H,23,25);1H. The average Bonchev–Trinajstić information content (AvgIpc) is 3.15. The second kappa shape index (κ2) is 11.2. The zero-order valence-corrected chi connectivity index (χ0v) is 18.7. The van der Waals surface area contributed by atoms with Crippen LogP contribution >= 0.6 is 23.7 Å². The van der Waals surface area contributed by atoms with Gasteiger partial charge in [-0.1, -0.05) is 20.3 Å². The summed E-state index contributed by atoms with van der Waals surface area (Å²) in [5, 5.41) is 8.58. The second-order valence-electron chi connectivity index (χ2n) is 8.08. The van der Waals surface area contributed by atoms with Crippen LogP contribution in [0.15, 0.2) is 11.4 Å². The number of amides is 2. The van der Waals surface area contributed by atoms with Gasteiger partial charge in [-0.3, -0.25) is 9.59 Å². The molecule has 0 radical (unpaired) electrons. The molecule has 1 aromatic rings. The number of piperidine rings is 1. The molecule has 2 amide bonds. The van der Waals surface area contributed by atoms with E-state index >= 15 is 0 Å². The Morgan fingerprint density at radius 1 is 1.43 bits per heavy atom. The van der Waals surface area contributed by atoms with Crippen molar-refractivity contribution < 1.29 is 9.59 Å². The monoisotopic (exact) mass is 427 g/mol. The molecule has 3 unspecified atom stereocenters. The summed E-state index contributed by atoms with van der Waals surface area (Å²) >= 11 is 1.78. The third kappa shape index (κ3) is 5.94. The number of hydrogen-bond acceptors (Lipinski definition) is 4. The summed E-state index contributed by atoms with van der Waals surface area (Å²) < 4.78 is 0. The summed E-state index contributed by atoms with van der Waals surface area (Å²) in [6.45, 7) is 7.75. The van der Waals surface area contributed by atoms with Crippen LogP contribution in [0.1, 0.15) is 56.4 Å². The fourth-order valence-corrected chi connectivity index (χ4v) is 5.17. The van der Waals surface area contributed by atoms with Gasteiger partial charge in [0.25, 0.3) is 0 Å². The summed E-state index contributed by atoms with van der Waals surface area (Å²) in [6, 6.07) is 1.73. The minimum atomic E-state index is -0.389. The number of rotatable bonds is 7. The van der Waals surface area contributed by atoms with Crippen molar-refractivity contribution in [2.45, 2.75) is 65.0 Å². The molecule has 3 rings (SSSR count). The molecule has 1 fully saturated rings. The number of hydrogen-bond donors (Lipinski definition) is 2. The molecule has 1 aromatic heterocycles. The van der Waals surface area contributed by atoms with Crippen LogP contribution in [0.4, 0.5) is 0 Å². The van der Waals surface area contributed by atoms with E-state index in [1.165, 1.54) is 23.3 Å². The number of halogens is 1. The SMILES string of the molecule is CCCC(NC(=O)CC(C)C1CCCNC1)C(=O)N1CCc2sccc2C1.Cl. The number of nitrogens with zero attached hydrogens (tertiary/aromatic N) is 1. The molecule has 1 saturated heterocycles. The third-order valence-corrected chi connectivity index (χ3v) is 7.00. The first-order valence-corrected chi connectivity index (χ1v) is 11.3. The van der Waals surface area contributed by atoms with Gasteiger partial charge >= 0.3 is 0 Å². The van der Waals surface area contributed by atoms with Crippen LogP contribution in [0.5, 0.6) is 0 Å². The molecule has 3 heterocycles. The quantitative estimate of drug-likeness (QED) is 0.701. The van der Waals surface area contributed by atoms with Crippen LogP contribution in [-0.2, 0) is 22.6 Å². The molecule has 28 heavy (non-hydrogen) atoms. The Hall–Kier alpha value is -1.11. The topological polar surface area (TPSA) is 61.4 Å². The van der Waals surface area contributed by atoms with E-state index in [4.69, 9.17) is 0 Å². The molecular formula is C21H34ClN3O2S. The van der Waals surface area contributed by atoms with Crippen molar-refractivity contribution in [3.63, 3.8) is 0 Å². The van der Waals surface area contributed by atoms with Gasteiger partial charge < -0.3 is 15.5 Å². The maximum Gasteiger partial charge on any atom is 0.245 e. The van der Waals surface area contributed by atoms with Crippen molar-refractivity contribution in [1.82, 2.24) is 15.5 Å². The Morgan fingerprint density at radius 2 is 2.25 bits per heavy atom. The Morgan fingerprint density at radius 3 is 2.96 bits per heavy atom. The summed E-state index contributed by atoms with van der Waals surface area (Å²) in [5.74, 6) is 1.00. The maximum atomic E-state index is 13.0. The van der Waals surface area contributed by atoms with Crippen LogP contribution in [0.2, 0.25) is 0 Å². The van der Waals surface area contributed by atoms with E-state index < -0.39 is 0 Å². The summed E-state index contributed by atoms with van der Waals surface area (Å²) in [6.07, 6.45) is 5.40. The highest BCUT2D eigenvalue weighted by atomic mass is 35.5. The fourth-order valence-electron chi connectivity index (χ4n) is 4.28. The Balaban J connectivity index is 0.00000280. The first-order chi connectivity index (χ1) is 13.1. The van der Waals surface area contributed by atoms with E-state index in [0.29, 0.717) is 31.2 Å². The van der Waals surface area contributed by atoms with Crippen LogP contribution in [0, 0.1) is 11.8 Å². The van der Waals surface area contributed by atoms with Crippen molar-refractivity contribution in [3.8, 4) is 0 Å². The Labute approximate surface area is 179 Å². The highest BCUT2D eigenvalue weighted by Gasteiger charge is 2.29. The zero-order valence-electron chi connectivity index (χ0n) is 17.0. The lowest BCUT2D eigenvalue weighted by Crippen LogP contribution is -2.50. The van der Waals surface area contributed by atoms with Gasteiger partial charge in [-0.05, 0) is 67.6 Å². The lowest BCUT2D eigenvalue weighted by Gasteiger charge is -2.31. The molecule has 158 valence electrons. The van der Waals surface area contributed by atoms with Crippen LogP contribution in [0.25, 0.3) is 0 Å². The number of nitrogens with one attached hydrogen (secondary N) is 2. The van der Waals surface area contributed by atoms with Crippen LogP contribution < -0.4 is 10.6 Å². The molecule has 0 aromatic carbocycles. The molecule has 2 N–H and O–H groups in total. The van der Waals surface area contributed by atoms with Gasteiger partial charge in [-0.2, -0.15) is 0 Å². The van der Waals surface area contributed by atoms with Gasteiger partial charge in [-0.15, -0.1) is 23.7 Å².